The van der Waals surface area contributed by atoms with Crippen molar-refractivity contribution in [3.8, 4) is 6.07 Å². The van der Waals surface area contributed by atoms with Crippen LogP contribution in [0.5, 0.6) is 0 Å². The van der Waals surface area contributed by atoms with Crippen LogP contribution >= 0.6 is 0 Å². The van der Waals surface area contributed by atoms with Gasteiger partial charge in [-0.15, -0.1) is 0 Å². The van der Waals surface area contributed by atoms with Crippen LogP contribution in [0.4, 0.5) is 0 Å². The Morgan fingerprint density at radius 2 is 2.57 bits per heavy atom. The molecule has 0 aromatic heterocycles. The molecule has 0 saturated carbocycles. The topological polar surface area (TPSA) is 42.2 Å². The number of rotatable bonds is 0. The fourth-order valence-corrected chi connectivity index (χ4v) is 0.292. The molecular weight excluding hydrogens is 94.0 g/mol. The molecule has 0 bridgehead atoms. The van der Waals surface area contributed by atoms with Crippen molar-refractivity contribution in [3.05, 3.63) is 12.3 Å². The van der Waals surface area contributed by atoms with E-state index in [-0.39, 0.29) is 0 Å². The molecule has 0 amide bonds. The minimum atomic E-state index is -0.500. The Morgan fingerprint density at radius 3 is 2.86 bits per heavy atom. The van der Waals surface area contributed by atoms with E-state index >= 15 is 0 Å². The predicted octanol–water partition coefficient (Wildman–Crippen LogP) is 0.354. The van der Waals surface area contributed by atoms with Gasteiger partial charge in [-0.2, -0.15) is 10.1 Å². The Balaban J connectivity index is 2.47. The van der Waals surface area contributed by atoms with Gasteiger partial charge in [0.1, 0.15) is 12.3 Å². The third-order valence-corrected chi connectivity index (χ3v) is 0.595. The van der Waals surface area contributed by atoms with Gasteiger partial charge in [0.05, 0.1) is 0 Å². The van der Waals surface area contributed by atoms with E-state index in [4.69, 9.17) is 5.26 Å². The maximum atomic E-state index is 8.06. The van der Waals surface area contributed by atoms with Gasteiger partial charge in [-0.05, 0) is 0 Å². The summed E-state index contributed by atoms with van der Waals surface area (Å²) in [5, 5.41) is 8.06. The zero-order chi connectivity index (χ0) is 5.11. The van der Waals surface area contributed by atoms with Crippen LogP contribution in [0.3, 0.4) is 0 Å². The molecule has 3 heteroatoms. The fraction of sp³-hybridized carbons (Fsp3) is 0.250. The van der Waals surface area contributed by atoms with Gasteiger partial charge in [0.25, 0.3) is 0 Å². The third kappa shape index (κ3) is 0.699. The quantitative estimate of drug-likeness (QED) is 0.409. The summed E-state index contributed by atoms with van der Waals surface area (Å²) in [4.78, 5) is 8.57. The van der Waals surface area contributed by atoms with Crippen molar-refractivity contribution < 1.29 is 9.78 Å². The summed E-state index contributed by atoms with van der Waals surface area (Å²) in [5.74, 6) is 0. The van der Waals surface area contributed by atoms with Gasteiger partial charge in [-0.3, -0.25) is 0 Å². The van der Waals surface area contributed by atoms with E-state index in [1.807, 2.05) is 6.07 Å². The smallest absolute Gasteiger partial charge is 0.212 e. The Labute approximate surface area is 40.7 Å². The Morgan fingerprint density at radius 1 is 1.71 bits per heavy atom. The highest BCUT2D eigenvalue weighted by Gasteiger charge is 2.07. The van der Waals surface area contributed by atoms with Crippen molar-refractivity contribution in [1.29, 1.82) is 5.26 Å². The minimum Gasteiger partial charge on any atom is -0.344 e. The van der Waals surface area contributed by atoms with Crippen LogP contribution in [-0.4, -0.2) is 6.10 Å². The summed E-state index contributed by atoms with van der Waals surface area (Å²) in [5.41, 5.74) is 0. The molecule has 7 heavy (non-hydrogen) atoms. The standard InChI is InChI=1S/C4H3NO2/c5-3-4-1-2-6-7-4/h1-2,4H. The number of nitriles is 1. The van der Waals surface area contributed by atoms with Crippen LogP contribution < -0.4 is 0 Å². The summed E-state index contributed by atoms with van der Waals surface area (Å²) >= 11 is 0. The van der Waals surface area contributed by atoms with Crippen LogP contribution in [0.25, 0.3) is 0 Å². The first-order valence-corrected chi connectivity index (χ1v) is 1.82. The van der Waals surface area contributed by atoms with E-state index in [2.05, 4.69) is 9.78 Å². The molecule has 0 fully saturated rings. The summed E-state index contributed by atoms with van der Waals surface area (Å²) in [7, 11) is 0. The van der Waals surface area contributed by atoms with E-state index in [0.717, 1.165) is 0 Å². The molecular formula is C4H3NO2. The van der Waals surface area contributed by atoms with Gasteiger partial charge in [-0.1, -0.05) is 0 Å². The number of hydrogen-bond donors (Lipinski definition) is 0. The van der Waals surface area contributed by atoms with E-state index in [9.17, 15) is 0 Å². The SMILES string of the molecule is N#CC1C=COO1. The normalized spacial score (nSPS) is 26.4. The molecule has 1 rings (SSSR count). The monoisotopic (exact) mass is 97.0 g/mol. The molecule has 1 aliphatic rings. The highest BCUT2D eigenvalue weighted by Crippen LogP contribution is 2.01. The largest absolute Gasteiger partial charge is 0.344 e. The molecule has 0 radical (unpaired) electrons. The van der Waals surface area contributed by atoms with E-state index < -0.39 is 6.10 Å². The summed E-state index contributed by atoms with van der Waals surface area (Å²) in [6, 6.07) is 1.83. The average molecular weight is 97.1 g/mol. The molecule has 36 valence electrons. The first-order chi connectivity index (χ1) is 3.43. The van der Waals surface area contributed by atoms with Crippen molar-refractivity contribution in [2.45, 2.75) is 6.10 Å². The first-order valence-electron chi connectivity index (χ1n) is 1.82. The van der Waals surface area contributed by atoms with Gasteiger partial charge in [0, 0.05) is 6.08 Å². The lowest BCUT2D eigenvalue weighted by Gasteiger charge is -1.88. The fourth-order valence-electron chi connectivity index (χ4n) is 0.292. The van der Waals surface area contributed by atoms with Crippen molar-refractivity contribution in [2.24, 2.45) is 0 Å². The molecule has 1 aliphatic heterocycles. The molecule has 1 atom stereocenters. The van der Waals surface area contributed by atoms with Gasteiger partial charge >= 0.3 is 0 Å². The average Bonchev–Trinajstić information content (AvgIpc) is 2.14. The Kier molecular flexibility index (Phi) is 0.966. The van der Waals surface area contributed by atoms with Gasteiger partial charge in [0.2, 0.25) is 6.10 Å². The maximum absolute atomic E-state index is 8.06. The zero-order valence-corrected chi connectivity index (χ0v) is 3.50. The Bertz CT molecular complexity index is 124. The third-order valence-electron chi connectivity index (χ3n) is 0.595. The second-order valence-electron chi connectivity index (χ2n) is 1.07. The van der Waals surface area contributed by atoms with Crippen LogP contribution in [0.1, 0.15) is 0 Å². The van der Waals surface area contributed by atoms with E-state index in [0.29, 0.717) is 0 Å². The van der Waals surface area contributed by atoms with Crippen LogP contribution in [0, 0.1) is 11.3 Å². The highest BCUT2D eigenvalue weighted by molar-refractivity contribution is 5.00. The minimum absolute atomic E-state index is 0.500. The number of hydrogen-bond acceptors (Lipinski definition) is 3. The molecule has 0 aromatic rings. The molecule has 1 heterocycles. The second-order valence-corrected chi connectivity index (χ2v) is 1.07. The molecule has 0 spiro atoms. The number of nitrogens with zero attached hydrogens (tertiary/aromatic N) is 1. The zero-order valence-electron chi connectivity index (χ0n) is 3.50. The van der Waals surface area contributed by atoms with Gasteiger partial charge in [0.15, 0.2) is 0 Å². The van der Waals surface area contributed by atoms with Crippen molar-refractivity contribution in [3.63, 3.8) is 0 Å². The summed E-state index contributed by atoms with van der Waals surface area (Å²) in [6.07, 6.45) is 2.37. The maximum Gasteiger partial charge on any atom is 0.212 e. The molecule has 0 aromatic carbocycles. The molecule has 1 unspecified atom stereocenters. The predicted molar refractivity (Wildman–Crippen MR) is 20.7 cm³/mol. The van der Waals surface area contributed by atoms with Crippen molar-refractivity contribution in [1.82, 2.24) is 0 Å². The summed E-state index contributed by atoms with van der Waals surface area (Å²) in [6.45, 7) is 0. The van der Waals surface area contributed by atoms with Crippen molar-refractivity contribution in [2.75, 3.05) is 0 Å². The molecule has 0 aliphatic carbocycles. The van der Waals surface area contributed by atoms with Gasteiger partial charge in [-0.25, -0.2) is 0 Å². The lowest BCUT2D eigenvalue weighted by Crippen LogP contribution is -1.96. The Hall–Kier alpha value is -1.01. The van der Waals surface area contributed by atoms with Crippen LogP contribution in [-0.2, 0) is 9.78 Å². The molecule has 0 N–H and O–H groups in total. The van der Waals surface area contributed by atoms with Crippen LogP contribution in [0.2, 0.25) is 0 Å². The summed E-state index contributed by atoms with van der Waals surface area (Å²) < 4.78 is 0. The van der Waals surface area contributed by atoms with E-state index in [1.165, 1.54) is 12.3 Å². The highest BCUT2D eigenvalue weighted by atomic mass is 17.2. The molecule has 0 saturated heterocycles. The van der Waals surface area contributed by atoms with Crippen LogP contribution in [0.15, 0.2) is 12.3 Å². The lowest BCUT2D eigenvalue weighted by molar-refractivity contribution is -0.239. The second kappa shape index (κ2) is 1.63. The molecule has 3 nitrogen and oxygen atoms in total. The lowest BCUT2D eigenvalue weighted by atomic mass is 10.4. The van der Waals surface area contributed by atoms with E-state index in [1.54, 1.807) is 0 Å². The first kappa shape index (κ1) is 4.16. The van der Waals surface area contributed by atoms with Crippen molar-refractivity contribution >= 4 is 0 Å². The van der Waals surface area contributed by atoms with Gasteiger partial charge < -0.3 is 4.89 Å².